The molecule has 2 rings (SSSR count). The highest BCUT2D eigenvalue weighted by Gasteiger charge is 2.16. The van der Waals surface area contributed by atoms with E-state index >= 15 is 0 Å². The summed E-state index contributed by atoms with van der Waals surface area (Å²) in [5.41, 5.74) is 1.87. The summed E-state index contributed by atoms with van der Waals surface area (Å²) >= 11 is 0. The average Bonchev–Trinajstić information content (AvgIpc) is 2.67. The van der Waals surface area contributed by atoms with Gasteiger partial charge in [0.1, 0.15) is 17.6 Å². The van der Waals surface area contributed by atoms with Crippen LogP contribution in [0.4, 0.5) is 0 Å². The van der Waals surface area contributed by atoms with Gasteiger partial charge in [0.15, 0.2) is 0 Å². The molecule has 0 saturated carbocycles. The molecule has 0 radical (unpaired) electrons. The van der Waals surface area contributed by atoms with Crippen LogP contribution in [0.25, 0.3) is 0 Å². The Hall–Kier alpha value is -2.16. The van der Waals surface area contributed by atoms with Gasteiger partial charge in [0.05, 0.1) is 25.9 Å². The largest absolute Gasteiger partial charge is 0.508 e. The van der Waals surface area contributed by atoms with E-state index in [1.54, 1.807) is 18.2 Å². The molecular weight excluding hydrogens is 374 g/mol. The molecule has 160 valence electrons. The molecule has 0 amide bonds. The molecule has 0 bridgehead atoms. The SMILES string of the molecule is CC(C)(C)NCC(O)c1ccc(O)c(COCC(O)c2ccc(O)c(CO)c2)c1. The van der Waals surface area contributed by atoms with Crippen molar-refractivity contribution >= 4 is 0 Å². The van der Waals surface area contributed by atoms with Crippen molar-refractivity contribution in [1.82, 2.24) is 5.32 Å². The minimum Gasteiger partial charge on any atom is -0.508 e. The molecule has 7 heteroatoms. The van der Waals surface area contributed by atoms with Gasteiger partial charge in [-0.25, -0.2) is 0 Å². The zero-order chi connectivity index (χ0) is 21.6. The van der Waals surface area contributed by atoms with Crippen molar-refractivity contribution in [3.05, 3.63) is 58.7 Å². The number of phenolic OH excluding ortho intramolecular Hbond substituents is 1. The summed E-state index contributed by atoms with van der Waals surface area (Å²) in [5.74, 6) is 0.0111. The molecule has 0 aromatic heterocycles. The lowest BCUT2D eigenvalue weighted by molar-refractivity contribution is 0.0269. The number of aliphatic hydroxyl groups excluding tert-OH is 3. The normalized spacial score (nSPS) is 14.0. The van der Waals surface area contributed by atoms with Crippen molar-refractivity contribution in [2.75, 3.05) is 13.2 Å². The number of hydrogen-bond acceptors (Lipinski definition) is 7. The highest BCUT2D eigenvalue weighted by atomic mass is 16.5. The van der Waals surface area contributed by atoms with Gasteiger partial charge in [-0.2, -0.15) is 0 Å². The second kappa shape index (κ2) is 10.0. The number of aromatic hydroxyl groups is 2. The molecule has 0 aliphatic heterocycles. The fourth-order valence-corrected chi connectivity index (χ4v) is 2.77. The Labute approximate surface area is 171 Å². The van der Waals surface area contributed by atoms with Gasteiger partial charge in [0.25, 0.3) is 0 Å². The zero-order valence-electron chi connectivity index (χ0n) is 17.1. The molecular formula is C22H31NO6. The minimum absolute atomic E-state index is 0.0343. The molecule has 0 spiro atoms. The molecule has 2 atom stereocenters. The lowest BCUT2D eigenvalue weighted by Gasteiger charge is -2.23. The van der Waals surface area contributed by atoms with Crippen molar-refractivity contribution in [1.29, 1.82) is 0 Å². The number of ether oxygens (including phenoxy) is 1. The Morgan fingerprint density at radius 1 is 0.897 bits per heavy atom. The summed E-state index contributed by atoms with van der Waals surface area (Å²) in [6.07, 6.45) is -1.68. The van der Waals surface area contributed by atoms with E-state index in [-0.39, 0.29) is 36.9 Å². The van der Waals surface area contributed by atoms with Gasteiger partial charge in [0, 0.05) is 23.2 Å². The molecule has 6 N–H and O–H groups in total. The second-order valence-corrected chi connectivity index (χ2v) is 8.11. The fraction of sp³-hybridized carbons (Fsp3) is 0.455. The first-order valence-corrected chi connectivity index (χ1v) is 9.54. The van der Waals surface area contributed by atoms with Gasteiger partial charge in [-0.05, 0) is 56.2 Å². The summed E-state index contributed by atoms with van der Waals surface area (Å²) in [6.45, 7) is 6.10. The van der Waals surface area contributed by atoms with E-state index in [0.29, 0.717) is 28.8 Å². The van der Waals surface area contributed by atoms with Crippen molar-refractivity contribution in [3.8, 4) is 11.5 Å². The number of benzene rings is 2. The maximum atomic E-state index is 10.4. The van der Waals surface area contributed by atoms with Crippen LogP contribution in [-0.2, 0) is 18.0 Å². The molecule has 0 saturated heterocycles. The molecule has 2 aromatic rings. The second-order valence-electron chi connectivity index (χ2n) is 8.11. The van der Waals surface area contributed by atoms with E-state index in [0.717, 1.165) is 0 Å². The predicted molar refractivity (Wildman–Crippen MR) is 109 cm³/mol. The summed E-state index contributed by atoms with van der Waals surface area (Å²) in [7, 11) is 0. The van der Waals surface area contributed by atoms with Gasteiger partial charge in [-0.3, -0.25) is 0 Å². The Bertz CT molecular complexity index is 802. The number of aliphatic hydroxyl groups is 3. The Balaban J connectivity index is 1.96. The number of nitrogens with one attached hydrogen (secondary N) is 1. The number of β-amino-alcohol motifs (C(OH)–C–C–N with tert-alkyl or cyclic N) is 1. The lowest BCUT2D eigenvalue weighted by atomic mass is 10.0. The van der Waals surface area contributed by atoms with Crippen molar-refractivity contribution in [3.63, 3.8) is 0 Å². The van der Waals surface area contributed by atoms with Crippen LogP contribution in [0, 0.1) is 0 Å². The van der Waals surface area contributed by atoms with Crippen LogP contribution in [-0.4, -0.2) is 44.2 Å². The predicted octanol–water partition coefficient (Wildman–Crippen LogP) is 2.26. The van der Waals surface area contributed by atoms with E-state index in [2.05, 4.69) is 5.32 Å². The lowest BCUT2D eigenvalue weighted by Crippen LogP contribution is -2.38. The van der Waals surface area contributed by atoms with Crippen LogP contribution >= 0.6 is 0 Å². The van der Waals surface area contributed by atoms with Crippen LogP contribution in [0.1, 0.15) is 55.2 Å². The monoisotopic (exact) mass is 405 g/mol. The standard InChI is InChI=1S/C22H31NO6/c1-22(2,3)23-10-20(27)14-4-7-19(26)17(9-14)12-29-13-21(28)15-5-6-18(25)16(8-15)11-24/h4-9,20-21,23-28H,10-13H2,1-3H3. The van der Waals surface area contributed by atoms with E-state index in [4.69, 9.17) is 4.74 Å². The highest BCUT2D eigenvalue weighted by molar-refractivity contribution is 5.37. The quantitative estimate of drug-likeness (QED) is 0.378. The first-order chi connectivity index (χ1) is 13.6. The highest BCUT2D eigenvalue weighted by Crippen LogP contribution is 2.25. The summed E-state index contributed by atoms with van der Waals surface area (Å²) in [5, 5.41) is 52.7. The maximum Gasteiger partial charge on any atom is 0.121 e. The molecule has 7 nitrogen and oxygen atoms in total. The molecule has 29 heavy (non-hydrogen) atoms. The van der Waals surface area contributed by atoms with Crippen molar-refractivity contribution < 1.29 is 30.3 Å². The van der Waals surface area contributed by atoms with Gasteiger partial charge < -0.3 is 35.6 Å². The average molecular weight is 405 g/mol. The molecule has 0 aliphatic rings. The van der Waals surface area contributed by atoms with E-state index in [9.17, 15) is 25.5 Å². The third kappa shape index (κ3) is 6.99. The summed E-state index contributed by atoms with van der Waals surface area (Å²) in [6, 6.07) is 9.33. The summed E-state index contributed by atoms with van der Waals surface area (Å²) < 4.78 is 5.54. The topological polar surface area (TPSA) is 122 Å². The molecule has 0 aliphatic carbocycles. The maximum absolute atomic E-state index is 10.4. The summed E-state index contributed by atoms with van der Waals surface area (Å²) in [4.78, 5) is 0. The van der Waals surface area contributed by atoms with E-state index < -0.39 is 12.2 Å². The van der Waals surface area contributed by atoms with Crippen molar-refractivity contribution in [2.24, 2.45) is 0 Å². The van der Waals surface area contributed by atoms with Crippen LogP contribution in [0.15, 0.2) is 36.4 Å². The fourth-order valence-electron chi connectivity index (χ4n) is 2.77. The van der Waals surface area contributed by atoms with Gasteiger partial charge >= 0.3 is 0 Å². The zero-order valence-corrected chi connectivity index (χ0v) is 17.1. The Morgan fingerprint density at radius 3 is 2.03 bits per heavy atom. The van der Waals surface area contributed by atoms with Crippen LogP contribution in [0.5, 0.6) is 11.5 Å². The number of rotatable bonds is 9. The van der Waals surface area contributed by atoms with Crippen LogP contribution < -0.4 is 5.32 Å². The molecule has 2 aromatic carbocycles. The van der Waals surface area contributed by atoms with E-state index in [1.807, 2.05) is 20.8 Å². The molecule has 0 fully saturated rings. The van der Waals surface area contributed by atoms with Gasteiger partial charge in [-0.15, -0.1) is 0 Å². The number of phenols is 2. The van der Waals surface area contributed by atoms with Crippen molar-refractivity contribution in [2.45, 2.75) is 51.7 Å². The van der Waals surface area contributed by atoms with Gasteiger partial charge in [-0.1, -0.05) is 12.1 Å². The number of hydrogen-bond donors (Lipinski definition) is 6. The smallest absolute Gasteiger partial charge is 0.121 e. The Kier molecular flexibility index (Phi) is 8.01. The van der Waals surface area contributed by atoms with Crippen LogP contribution in [0.3, 0.4) is 0 Å². The van der Waals surface area contributed by atoms with E-state index in [1.165, 1.54) is 18.2 Å². The Morgan fingerprint density at radius 2 is 1.45 bits per heavy atom. The first kappa shape index (κ1) is 23.1. The molecule has 0 heterocycles. The van der Waals surface area contributed by atoms with Crippen LogP contribution in [0.2, 0.25) is 0 Å². The van der Waals surface area contributed by atoms with Gasteiger partial charge in [0.2, 0.25) is 0 Å². The first-order valence-electron chi connectivity index (χ1n) is 9.54. The minimum atomic E-state index is -0.951. The third-order valence-corrected chi connectivity index (χ3v) is 4.51. The molecule has 2 unspecified atom stereocenters. The third-order valence-electron chi connectivity index (χ3n) is 4.51.